The van der Waals surface area contributed by atoms with Gasteiger partial charge in [-0.15, -0.1) is 0 Å². The molecule has 124 valence electrons. The molecule has 3 nitrogen and oxygen atoms in total. The standard InChI is InChI=1S/C20H21FN2O/c21-17-10-8-15(9-11-17)4-3-7-20(24)22-13-12-16-14-23-19-6-2-1-5-18(16)19/h1-2,5-6,8-11,14,23H,3-4,7,12-13H2,(H,22,24). The molecule has 3 rings (SSSR count). The number of halogens is 1. The lowest BCUT2D eigenvalue weighted by molar-refractivity contribution is -0.121. The third kappa shape index (κ3) is 4.22. The summed E-state index contributed by atoms with van der Waals surface area (Å²) in [7, 11) is 0. The van der Waals surface area contributed by atoms with Crippen LogP contribution in [0.3, 0.4) is 0 Å². The predicted molar refractivity (Wildman–Crippen MR) is 94.4 cm³/mol. The van der Waals surface area contributed by atoms with Gasteiger partial charge in [-0.05, 0) is 48.6 Å². The van der Waals surface area contributed by atoms with Gasteiger partial charge in [0.25, 0.3) is 0 Å². The van der Waals surface area contributed by atoms with Crippen LogP contribution < -0.4 is 5.32 Å². The van der Waals surface area contributed by atoms with Crippen LogP contribution in [-0.2, 0) is 17.6 Å². The van der Waals surface area contributed by atoms with Crippen LogP contribution >= 0.6 is 0 Å². The number of aryl methyl sites for hydroxylation is 1. The highest BCUT2D eigenvalue weighted by Gasteiger charge is 2.05. The molecule has 0 saturated heterocycles. The summed E-state index contributed by atoms with van der Waals surface area (Å²) in [6.07, 6.45) is 4.87. The maximum Gasteiger partial charge on any atom is 0.220 e. The van der Waals surface area contributed by atoms with E-state index in [0.717, 1.165) is 30.3 Å². The smallest absolute Gasteiger partial charge is 0.220 e. The molecule has 1 heterocycles. The second kappa shape index (κ2) is 7.77. The number of para-hydroxylation sites is 1. The van der Waals surface area contributed by atoms with Gasteiger partial charge in [-0.25, -0.2) is 4.39 Å². The fourth-order valence-electron chi connectivity index (χ4n) is 2.87. The lowest BCUT2D eigenvalue weighted by Crippen LogP contribution is -2.25. The first kappa shape index (κ1) is 16.2. The minimum absolute atomic E-state index is 0.0666. The number of rotatable bonds is 7. The molecule has 0 atom stereocenters. The number of aromatic amines is 1. The Morgan fingerprint density at radius 2 is 1.83 bits per heavy atom. The van der Waals surface area contributed by atoms with Gasteiger partial charge in [0, 0.05) is 30.1 Å². The molecule has 0 unspecified atom stereocenters. The van der Waals surface area contributed by atoms with E-state index in [9.17, 15) is 9.18 Å². The molecule has 0 bridgehead atoms. The van der Waals surface area contributed by atoms with Gasteiger partial charge in [-0.3, -0.25) is 4.79 Å². The van der Waals surface area contributed by atoms with Crippen molar-refractivity contribution in [3.63, 3.8) is 0 Å². The topological polar surface area (TPSA) is 44.9 Å². The largest absolute Gasteiger partial charge is 0.361 e. The summed E-state index contributed by atoms with van der Waals surface area (Å²) in [6.45, 7) is 0.636. The maximum absolute atomic E-state index is 12.8. The number of carbonyl (C=O) groups is 1. The molecule has 1 aromatic heterocycles. The van der Waals surface area contributed by atoms with E-state index in [4.69, 9.17) is 0 Å². The summed E-state index contributed by atoms with van der Waals surface area (Å²) in [4.78, 5) is 15.1. The number of amides is 1. The van der Waals surface area contributed by atoms with E-state index in [1.165, 1.54) is 23.1 Å². The molecule has 0 fully saturated rings. The number of nitrogens with one attached hydrogen (secondary N) is 2. The van der Waals surface area contributed by atoms with E-state index in [1.54, 1.807) is 12.1 Å². The van der Waals surface area contributed by atoms with Crippen LogP contribution in [0.2, 0.25) is 0 Å². The molecule has 0 spiro atoms. The van der Waals surface area contributed by atoms with Gasteiger partial charge < -0.3 is 10.3 Å². The van der Waals surface area contributed by atoms with Gasteiger partial charge in [0.05, 0.1) is 0 Å². The second-order valence-electron chi connectivity index (χ2n) is 5.94. The number of benzene rings is 2. The van der Waals surface area contributed by atoms with Crippen LogP contribution in [0.25, 0.3) is 10.9 Å². The van der Waals surface area contributed by atoms with E-state index in [1.807, 2.05) is 24.4 Å². The van der Waals surface area contributed by atoms with E-state index in [0.29, 0.717) is 13.0 Å². The van der Waals surface area contributed by atoms with E-state index in [2.05, 4.69) is 16.4 Å². The van der Waals surface area contributed by atoms with E-state index < -0.39 is 0 Å². The summed E-state index contributed by atoms with van der Waals surface area (Å²) in [5, 5.41) is 4.18. The predicted octanol–water partition coefficient (Wildman–Crippen LogP) is 3.99. The molecule has 0 saturated carbocycles. The molecule has 1 amide bonds. The first-order valence-corrected chi connectivity index (χ1v) is 8.28. The SMILES string of the molecule is O=C(CCCc1ccc(F)cc1)NCCc1c[nH]c2ccccc12. The van der Waals surface area contributed by atoms with Gasteiger partial charge in [-0.2, -0.15) is 0 Å². The summed E-state index contributed by atoms with van der Waals surface area (Å²) >= 11 is 0. The van der Waals surface area contributed by atoms with Gasteiger partial charge >= 0.3 is 0 Å². The molecule has 4 heteroatoms. The summed E-state index contributed by atoms with van der Waals surface area (Å²) in [5.41, 5.74) is 3.40. The molecule has 3 aromatic rings. The van der Waals surface area contributed by atoms with Crippen molar-refractivity contribution in [1.29, 1.82) is 0 Å². The Morgan fingerprint density at radius 3 is 2.67 bits per heavy atom. The van der Waals surface area contributed by atoms with Crippen LogP contribution in [0, 0.1) is 5.82 Å². The lowest BCUT2D eigenvalue weighted by Gasteiger charge is -2.05. The fraction of sp³-hybridized carbons (Fsp3) is 0.250. The monoisotopic (exact) mass is 324 g/mol. The van der Waals surface area contributed by atoms with Crippen molar-refractivity contribution in [2.24, 2.45) is 0 Å². The molecular formula is C20H21FN2O. The molecule has 0 aliphatic heterocycles. The Kier molecular flexibility index (Phi) is 5.26. The van der Waals surface area contributed by atoms with Crippen LogP contribution in [0.15, 0.2) is 54.7 Å². The summed E-state index contributed by atoms with van der Waals surface area (Å²) in [6, 6.07) is 14.6. The molecule has 0 radical (unpaired) electrons. The fourth-order valence-corrected chi connectivity index (χ4v) is 2.87. The number of carbonyl (C=O) groups excluding carboxylic acids is 1. The van der Waals surface area contributed by atoms with Crippen molar-refractivity contribution in [2.45, 2.75) is 25.7 Å². The zero-order valence-corrected chi connectivity index (χ0v) is 13.5. The van der Waals surface area contributed by atoms with Crippen LogP contribution in [0.4, 0.5) is 4.39 Å². The van der Waals surface area contributed by atoms with Crippen molar-refractivity contribution in [3.05, 3.63) is 71.7 Å². The third-order valence-corrected chi connectivity index (χ3v) is 4.17. The Labute approximate surface area is 140 Å². The normalized spacial score (nSPS) is 10.9. The number of hydrogen-bond donors (Lipinski definition) is 2. The molecule has 2 aromatic carbocycles. The molecule has 24 heavy (non-hydrogen) atoms. The molecule has 2 N–H and O–H groups in total. The quantitative estimate of drug-likeness (QED) is 0.678. The first-order valence-electron chi connectivity index (χ1n) is 8.28. The average molecular weight is 324 g/mol. The van der Waals surface area contributed by atoms with Crippen molar-refractivity contribution in [2.75, 3.05) is 6.54 Å². The van der Waals surface area contributed by atoms with Gasteiger partial charge in [-0.1, -0.05) is 30.3 Å². The number of fused-ring (bicyclic) bond motifs is 1. The van der Waals surface area contributed by atoms with Crippen LogP contribution in [-0.4, -0.2) is 17.4 Å². The van der Waals surface area contributed by atoms with Gasteiger partial charge in [0.1, 0.15) is 5.82 Å². The molecular weight excluding hydrogens is 303 g/mol. The minimum Gasteiger partial charge on any atom is -0.361 e. The second-order valence-corrected chi connectivity index (χ2v) is 5.94. The Balaban J connectivity index is 1.39. The van der Waals surface area contributed by atoms with Crippen molar-refractivity contribution < 1.29 is 9.18 Å². The third-order valence-electron chi connectivity index (χ3n) is 4.17. The average Bonchev–Trinajstić information content (AvgIpc) is 3.00. The minimum atomic E-state index is -0.228. The Bertz CT molecular complexity index is 808. The summed E-state index contributed by atoms with van der Waals surface area (Å²) < 4.78 is 12.8. The van der Waals surface area contributed by atoms with Crippen molar-refractivity contribution in [1.82, 2.24) is 10.3 Å². The zero-order chi connectivity index (χ0) is 16.8. The zero-order valence-electron chi connectivity index (χ0n) is 13.5. The van der Waals surface area contributed by atoms with Crippen molar-refractivity contribution >= 4 is 16.8 Å². The van der Waals surface area contributed by atoms with E-state index >= 15 is 0 Å². The highest BCUT2D eigenvalue weighted by atomic mass is 19.1. The van der Waals surface area contributed by atoms with Crippen LogP contribution in [0.1, 0.15) is 24.0 Å². The van der Waals surface area contributed by atoms with Gasteiger partial charge in [0.15, 0.2) is 0 Å². The molecule has 0 aliphatic rings. The lowest BCUT2D eigenvalue weighted by atomic mass is 10.1. The first-order chi connectivity index (χ1) is 11.7. The number of aromatic nitrogens is 1. The van der Waals surface area contributed by atoms with E-state index in [-0.39, 0.29) is 11.7 Å². The van der Waals surface area contributed by atoms with Gasteiger partial charge in [0.2, 0.25) is 5.91 Å². The summed E-state index contributed by atoms with van der Waals surface area (Å²) in [5.74, 6) is -0.161. The Hall–Kier alpha value is -2.62. The number of H-pyrrole nitrogens is 1. The highest BCUT2D eigenvalue weighted by molar-refractivity contribution is 5.83. The van der Waals surface area contributed by atoms with Crippen LogP contribution in [0.5, 0.6) is 0 Å². The maximum atomic E-state index is 12.8. The number of hydrogen-bond acceptors (Lipinski definition) is 1. The highest BCUT2D eigenvalue weighted by Crippen LogP contribution is 2.17. The Morgan fingerprint density at radius 1 is 1.04 bits per heavy atom. The molecule has 0 aliphatic carbocycles. The van der Waals surface area contributed by atoms with Crippen molar-refractivity contribution in [3.8, 4) is 0 Å².